The van der Waals surface area contributed by atoms with Crippen molar-refractivity contribution in [3.63, 3.8) is 0 Å². The van der Waals surface area contributed by atoms with Gasteiger partial charge in [0.05, 0.1) is 6.04 Å². The number of hydrogen-bond donors (Lipinski definition) is 0. The lowest BCUT2D eigenvalue weighted by atomic mass is 10.2. The van der Waals surface area contributed by atoms with Gasteiger partial charge in [-0.3, -0.25) is 0 Å². The van der Waals surface area contributed by atoms with Crippen molar-refractivity contribution in [1.29, 1.82) is 0 Å². The summed E-state index contributed by atoms with van der Waals surface area (Å²) in [7, 11) is -3.47. The first-order valence-electron chi connectivity index (χ1n) is 5.65. The first-order valence-corrected chi connectivity index (χ1v) is 7.91. The highest BCUT2D eigenvalue weighted by Crippen LogP contribution is 2.29. The van der Waals surface area contributed by atoms with Crippen LogP contribution in [-0.4, -0.2) is 31.6 Å². The van der Waals surface area contributed by atoms with E-state index in [1.807, 2.05) is 13.0 Å². The monoisotopic (exact) mass is 273 g/mol. The number of aryl methyl sites for hydroxylation is 1. The lowest BCUT2D eigenvalue weighted by Gasteiger charge is -2.18. The number of thiophene rings is 1. The molecule has 0 radical (unpaired) electrons. The maximum absolute atomic E-state index is 12.3. The minimum absolute atomic E-state index is 0.350. The SMILES string of the molecule is CCc1ccc(S(=O)(=O)N2CCCC2C=O)s1. The summed E-state index contributed by atoms with van der Waals surface area (Å²) >= 11 is 1.29. The highest BCUT2D eigenvalue weighted by Gasteiger charge is 2.35. The molecule has 1 fully saturated rings. The molecule has 0 aromatic carbocycles. The summed E-state index contributed by atoms with van der Waals surface area (Å²) in [5.41, 5.74) is 0. The van der Waals surface area contributed by atoms with E-state index in [-0.39, 0.29) is 0 Å². The molecule has 1 atom stereocenters. The van der Waals surface area contributed by atoms with E-state index >= 15 is 0 Å². The Hall–Kier alpha value is -0.720. The summed E-state index contributed by atoms with van der Waals surface area (Å²) in [5, 5.41) is 0. The second-order valence-corrected chi connectivity index (χ2v) is 7.32. The summed E-state index contributed by atoms with van der Waals surface area (Å²) < 4.78 is 26.3. The molecular weight excluding hydrogens is 258 g/mol. The third-order valence-corrected chi connectivity index (χ3v) is 6.58. The second-order valence-electron chi connectivity index (χ2n) is 4.04. The van der Waals surface area contributed by atoms with Gasteiger partial charge in [0.25, 0.3) is 10.0 Å². The van der Waals surface area contributed by atoms with Crippen LogP contribution in [-0.2, 0) is 21.2 Å². The zero-order valence-electron chi connectivity index (χ0n) is 9.63. The number of carbonyl (C=O) groups excluding carboxylic acids is 1. The van der Waals surface area contributed by atoms with Crippen LogP contribution < -0.4 is 0 Å². The number of carbonyl (C=O) groups is 1. The van der Waals surface area contributed by atoms with Gasteiger partial charge >= 0.3 is 0 Å². The normalized spacial score (nSPS) is 21.8. The van der Waals surface area contributed by atoms with E-state index in [1.54, 1.807) is 6.07 Å². The molecule has 17 heavy (non-hydrogen) atoms. The molecule has 1 aliphatic heterocycles. The fraction of sp³-hybridized carbons (Fsp3) is 0.545. The zero-order valence-corrected chi connectivity index (χ0v) is 11.3. The molecule has 2 heterocycles. The Labute approximate surface area is 105 Å². The van der Waals surface area contributed by atoms with Crippen molar-refractivity contribution in [3.8, 4) is 0 Å². The minimum Gasteiger partial charge on any atom is -0.302 e. The van der Waals surface area contributed by atoms with Crippen molar-refractivity contribution >= 4 is 27.6 Å². The largest absolute Gasteiger partial charge is 0.302 e. The Morgan fingerprint density at radius 2 is 2.29 bits per heavy atom. The number of hydrogen-bond acceptors (Lipinski definition) is 4. The second kappa shape index (κ2) is 4.88. The number of aldehydes is 1. The fourth-order valence-corrected chi connectivity index (χ4v) is 5.06. The van der Waals surface area contributed by atoms with Crippen LogP contribution in [0.1, 0.15) is 24.6 Å². The fourth-order valence-electron chi connectivity index (χ4n) is 2.00. The van der Waals surface area contributed by atoms with E-state index in [1.165, 1.54) is 15.6 Å². The molecule has 0 N–H and O–H groups in total. The van der Waals surface area contributed by atoms with Gasteiger partial charge in [-0.25, -0.2) is 8.42 Å². The highest BCUT2D eigenvalue weighted by atomic mass is 32.2. The summed E-state index contributed by atoms with van der Waals surface area (Å²) in [5.74, 6) is 0. The quantitative estimate of drug-likeness (QED) is 0.784. The third-order valence-electron chi connectivity index (χ3n) is 2.95. The summed E-state index contributed by atoms with van der Waals surface area (Å²) in [6, 6.07) is 3.00. The van der Waals surface area contributed by atoms with Gasteiger partial charge in [-0.15, -0.1) is 11.3 Å². The minimum atomic E-state index is -3.47. The average molecular weight is 273 g/mol. The standard InChI is InChI=1S/C11H15NO3S2/c1-2-10-5-6-11(16-10)17(14,15)12-7-3-4-9(12)8-13/h5-6,8-9H,2-4,7H2,1H3. The van der Waals surface area contributed by atoms with E-state index < -0.39 is 16.1 Å². The van der Waals surface area contributed by atoms with Crippen LogP contribution in [0.2, 0.25) is 0 Å². The average Bonchev–Trinajstić information content (AvgIpc) is 2.97. The van der Waals surface area contributed by atoms with Gasteiger partial charge in [0.1, 0.15) is 10.5 Å². The molecule has 0 bridgehead atoms. The van der Waals surface area contributed by atoms with Gasteiger partial charge in [-0.1, -0.05) is 6.92 Å². The molecule has 6 heteroatoms. The lowest BCUT2D eigenvalue weighted by Crippen LogP contribution is -2.35. The number of nitrogens with zero attached hydrogens (tertiary/aromatic N) is 1. The van der Waals surface area contributed by atoms with Gasteiger partial charge < -0.3 is 4.79 Å². The van der Waals surface area contributed by atoms with Crippen LogP contribution in [0.15, 0.2) is 16.3 Å². The topological polar surface area (TPSA) is 54.5 Å². The Balaban J connectivity index is 2.32. The smallest absolute Gasteiger partial charge is 0.253 e. The van der Waals surface area contributed by atoms with Crippen molar-refractivity contribution in [2.45, 2.75) is 36.4 Å². The van der Waals surface area contributed by atoms with Crippen LogP contribution in [0.25, 0.3) is 0 Å². The van der Waals surface area contributed by atoms with Gasteiger partial charge in [-0.05, 0) is 31.4 Å². The highest BCUT2D eigenvalue weighted by molar-refractivity contribution is 7.91. The van der Waals surface area contributed by atoms with E-state index in [9.17, 15) is 13.2 Å². The molecule has 94 valence electrons. The van der Waals surface area contributed by atoms with Crippen molar-refractivity contribution in [1.82, 2.24) is 4.31 Å². The molecule has 0 aliphatic carbocycles. The predicted molar refractivity (Wildman–Crippen MR) is 66.7 cm³/mol. The first kappa shape index (κ1) is 12.7. The van der Waals surface area contributed by atoms with Gasteiger partial charge in [0.15, 0.2) is 0 Å². The van der Waals surface area contributed by atoms with E-state index in [2.05, 4.69) is 0 Å². The Morgan fingerprint density at radius 3 is 2.88 bits per heavy atom. The maximum Gasteiger partial charge on any atom is 0.253 e. The van der Waals surface area contributed by atoms with Crippen molar-refractivity contribution < 1.29 is 13.2 Å². The molecular formula is C11H15NO3S2. The van der Waals surface area contributed by atoms with Crippen molar-refractivity contribution in [3.05, 3.63) is 17.0 Å². The summed E-state index contributed by atoms with van der Waals surface area (Å²) in [4.78, 5) is 11.9. The summed E-state index contributed by atoms with van der Waals surface area (Å²) in [6.45, 7) is 2.44. The summed E-state index contributed by atoms with van der Waals surface area (Å²) in [6.07, 6.45) is 2.96. The molecule has 0 amide bonds. The number of sulfonamides is 1. The Bertz CT molecular complexity index is 507. The molecule has 1 unspecified atom stereocenters. The molecule has 0 spiro atoms. The maximum atomic E-state index is 12.3. The van der Waals surface area contributed by atoms with Gasteiger partial charge in [-0.2, -0.15) is 4.31 Å². The van der Waals surface area contributed by atoms with Crippen molar-refractivity contribution in [2.75, 3.05) is 6.54 Å². The molecule has 0 saturated carbocycles. The molecule has 1 saturated heterocycles. The number of rotatable bonds is 4. The van der Waals surface area contributed by atoms with E-state index in [0.29, 0.717) is 17.2 Å². The Kier molecular flexibility index (Phi) is 3.65. The van der Waals surface area contributed by atoms with Crippen LogP contribution in [0.4, 0.5) is 0 Å². The van der Waals surface area contributed by atoms with Crippen LogP contribution in [0, 0.1) is 0 Å². The molecule has 4 nitrogen and oxygen atoms in total. The zero-order chi connectivity index (χ0) is 12.5. The van der Waals surface area contributed by atoms with E-state index in [4.69, 9.17) is 0 Å². The molecule has 1 aromatic heterocycles. The van der Waals surface area contributed by atoms with Gasteiger partial charge in [0, 0.05) is 11.4 Å². The Morgan fingerprint density at radius 1 is 1.53 bits per heavy atom. The van der Waals surface area contributed by atoms with E-state index in [0.717, 1.165) is 24.0 Å². The van der Waals surface area contributed by atoms with Crippen LogP contribution in [0.5, 0.6) is 0 Å². The van der Waals surface area contributed by atoms with Crippen LogP contribution in [0.3, 0.4) is 0 Å². The lowest BCUT2D eigenvalue weighted by molar-refractivity contribution is -0.110. The first-order chi connectivity index (χ1) is 8.09. The molecule has 2 rings (SSSR count). The van der Waals surface area contributed by atoms with Gasteiger partial charge in [0.2, 0.25) is 0 Å². The van der Waals surface area contributed by atoms with Crippen molar-refractivity contribution in [2.24, 2.45) is 0 Å². The third kappa shape index (κ3) is 2.29. The molecule has 1 aromatic rings. The van der Waals surface area contributed by atoms with Crippen LogP contribution >= 0.6 is 11.3 Å². The predicted octanol–water partition coefficient (Wildman–Crippen LogP) is 1.66. The molecule has 1 aliphatic rings.